The summed E-state index contributed by atoms with van der Waals surface area (Å²) in [6, 6.07) is 7.51. The molecule has 0 amide bonds. The van der Waals surface area contributed by atoms with Crippen LogP contribution in [0.2, 0.25) is 0 Å². The number of para-hydroxylation sites is 1. The number of rotatable bonds is 5. The Morgan fingerprint density at radius 2 is 2.22 bits per heavy atom. The van der Waals surface area contributed by atoms with Crippen molar-refractivity contribution in [3.63, 3.8) is 0 Å². The molecule has 2 rings (SSSR count). The molecule has 0 spiro atoms. The maximum Gasteiger partial charge on any atom is 0.240 e. The van der Waals surface area contributed by atoms with E-state index in [1.807, 2.05) is 31.2 Å². The molecule has 0 saturated carbocycles. The molecule has 1 aromatic carbocycles. The van der Waals surface area contributed by atoms with Gasteiger partial charge in [-0.05, 0) is 24.6 Å². The first kappa shape index (κ1) is 12.3. The summed E-state index contributed by atoms with van der Waals surface area (Å²) in [6.07, 6.45) is 0. The molecule has 0 aliphatic rings. The Hall–Kier alpha value is -2.14. The van der Waals surface area contributed by atoms with Gasteiger partial charge in [-0.15, -0.1) is 0 Å². The second-order valence-corrected chi connectivity index (χ2v) is 3.96. The van der Waals surface area contributed by atoms with Crippen LogP contribution in [0, 0.1) is 0 Å². The van der Waals surface area contributed by atoms with Gasteiger partial charge in [0.15, 0.2) is 0 Å². The fraction of sp³-hybridized carbons (Fsp3) is 0.231. The maximum absolute atomic E-state index is 5.64. The molecule has 0 atom stereocenters. The van der Waals surface area contributed by atoms with Crippen molar-refractivity contribution in [1.82, 2.24) is 10.1 Å². The first-order valence-electron chi connectivity index (χ1n) is 5.60. The first-order chi connectivity index (χ1) is 8.70. The summed E-state index contributed by atoms with van der Waals surface area (Å²) in [6.45, 7) is 6.39. The highest BCUT2D eigenvalue weighted by molar-refractivity contribution is 5.63. The summed E-state index contributed by atoms with van der Waals surface area (Å²) >= 11 is 0. The van der Waals surface area contributed by atoms with Gasteiger partial charge in [-0.3, -0.25) is 0 Å². The number of benzene rings is 1. The van der Waals surface area contributed by atoms with E-state index in [0.717, 1.165) is 11.1 Å². The standard InChI is InChI=1S/C13H15N3O2/c1-9(2)8-17-11-6-4-3-5-10(11)13-15-12(7-14)18-16-13/h3-6H,1,7-8,14H2,2H3. The molecule has 2 N–H and O–H groups in total. The third-order valence-corrected chi connectivity index (χ3v) is 2.24. The van der Waals surface area contributed by atoms with Gasteiger partial charge in [-0.2, -0.15) is 4.98 Å². The molecule has 0 unspecified atom stereocenters. The monoisotopic (exact) mass is 245 g/mol. The van der Waals surface area contributed by atoms with Crippen molar-refractivity contribution in [2.45, 2.75) is 13.5 Å². The van der Waals surface area contributed by atoms with Gasteiger partial charge in [0.1, 0.15) is 12.4 Å². The van der Waals surface area contributed by atoms with Crippen LogP contribution in [0.5, 0.6) is 5.75 Å². The van der Waals surface area contributed by atoms with E-state index in [9.17, 15) is 0 Å². The highest BCUT2D eigenvalue weighted by Gasteiger charge is 2.12. The lowest BCUT2D eigenvalue weighted by Gasteiger charge is -2.08. The second-order valence-electron chi connectivity index (χ2n) is 3.96. The molecule has 0 fully saturated rings. The van der Waals surface area contributed by atoms with Crippen LogP contribution >= 0.6 is 0 Å². The molecule has 94 valence electrons. The summed E-state index contributed by atoms with van der Waals surface area (Å²) in [5.41, 5.74) is 7.16. The lowest BCUT2D eigenvalue weighted by molar-refractivity contribution is 0.353. The molecule has 0 aliphatic heterocycles. The number of hydrogen-bond donors (Lipinski definition) is 1. The van der Waals surface area contributed by atoms with Gasteiger partial charge in [0, 0.05) is 0 Å². The van der Waals surface area contributed by atoms with Gasteiger partial charge in [0.05, 0.1) is 12.1 Å². The Kier molecular flexibility index (Phi) is 3.74. The third kappa shape index (κ3) is 2.75. The van der Waals surface area contributed by atoms with E-state index >= 15 is 0 Å². The van der Waals surface area contributed by atoms with Crippen molar-refractivity contribution in [2.24, 2.45) is 5.73 Å². The average Bonchev–Trinajstić information content (AvgIpc) is 2.85. The Labute approximate surface area is 105 Å². The topological polar surface area (TPSA) is 74.2 Å². The molecule has 1 heterocycles. The minimum atomic E-state index is 0.224. The summed E-state index contributed by atoms with van der Waals surface area (Å²) in [5.74, 6) is 1.58. The van der Waals surface area contributed by atoms with Crippen LogP contribution in [0.1, 0.15) is 12.8 Å². The average molecular weight is 245 g/mol. The highest BCUT2D eigenvalue weighted by Crippen LogP contribution is 2.27. The Balaban J connectivity index is 2.29. The van der Waals surface area contributed by atoms with Crippen LogP contribution in [-0.2, 0) is 6.54 Å². The van der Waals surface area contributed by atoms with Gasteiger partial charge < -0.3 is 15.0 Å². The van der Waals surface area contributed by atoms with Crippen molar-refractivity contribution in [3.8, 4) is 17.1 Å². The van der Waals surface area contributed by atoms with Crippen molar-refractivity contribution in [1.29, 1.82) is 0 Å². The first-order valence-corrected chi connectivity index (χ1v) is 5.60. The molecular weight excluding hydrogens is 230 g/mol. The smallest absolute Gasteiger partial charge is 0.240 e. The maximum atomic E-state index is 5.64. The normalized spacial score (nSPS) is 10.3. The van der Waals surface area contributed by atoms with Crippen molar-refractivity contribution < 1.29 is 9.26 Å². The van der Waals surface area contributed by atoms with E-state index in [1.165, 1.54) is 0 Å². The highest BCUT2D eigenvalue weighted by atomic mass is 16.5. The molecule has 5 heteroatoms. The van der Waals surface area contributed by atoms with Crippen LogP contribution < -0.4 is 10.5 Å². The molecular formula is C13H15N3O2. The fourth-order valence-electron chi connectivity index (χ4n) is 1.43. The Morgan fingerprint density at radius 3 is 2.89 bits per heavy atom. The predicted molar refractivity (Wildman–Crippen MR) is 67.9 cm³/mol. The number of aromatic nitrogens is 2. The van der Waals surface area contributed by atoms with Crippen LogP contribution in [0.4, 0.5) is 0 Å². The van der Waals surface area contributed by atoms with E-state index in [4.69, 9.17) is 15.0 Å². The zero-order valence-corrected chi connectivity index (χ0v) is 10.2. The molecule has 5 nitrogen and oxygen atoms in total. The van der Waals surface area contributed by atoms with Gasteiger partial charge >= 0.3 is 0 Å². The van der Waals surface area contributed by atoms with Crippen molar-refractivity contribution in [2.75, 3.05) is 6.61 Å². The van der Waals surface area contributed by atoms with Gasteiger partial charge in [0.25, 0.3) is 0 Å². The Bertz CT molecular complexity index is 549. The quantitative estimate of drug-likeness (QED) is 0.817. The van der Waals surface area contributed by atoms with Crippen LogP contribution in [0.15, 0.2) is 40.9 Å². The number of hydrogen-bond acceptors (Lipinski definition) is 5. The molecule has 2 aromatic rings. The Morgan fingerprint density at radius 1 is 1.44 bits per heavy atom. The van der Waals surface area contributed by atoms with Gasteiger partial charge in [-0.1, -0.05) is 23.9 Å². The summed E-state index contributed by atoms with van der Waals surface area (Å²) in [4.78, 5) is 4.18. The molecule has 18 heavy (non-hydrogen) atoms. The number of ether oxygens (including phenoxy) is 1. The molecule has 0 saturated heterocycles. The summed E-state index contributed by atoms with van der Waals surface area (Å²) in [7, 11) is 0. The fourth-order valence-corrected chi connectivity index (χ4v) is 1.43. The largest absolute Gasteiger partial charge is 0.489 e. The van der Waals surface area contributed by atoms with E-state index in [1.54, 1.807) is 0 Å². The predicted octanol–water partition coefficient (Wildman–Crippen LogP) is 2.15. The summed E-state index contributed by atoms with van der Waals surface area (Å²) < 4.78 is 10.6. The molecule has 0 radical (unpaired) electrons. The zero-order chi connectivity index (χ0) is 13.0. The zero-order valence-electron chi connectivity index (χ0n) is 10.2. The lowest BCUT2D eigenvalue weighted by atomic mass is 10.2. The van der Waals surface area contributed by atoms with E-state index in [0.29, 0.717) is 24.1 Å². The summed E-state index contributed by atoms with van der Waals surface area (Å²) in [5, 5.41) is 3.88. The van der Waals surface area contributed by atoms with Crippen molar-refractivity contribution in [3.05, 3.63) is 42.3 Å². The van der Waals surface area contributed by atoms with E-state index < -0.39 is 0 Å². The molecule has 0 bridgehead atoms. The third-order valence-electron chi connectivity index (χ3n) is 2.24. The van der Waals surface area contributed by atoms with E-state index in [-0.39, 0.29) is 6.54 Å². The van der Waals surface area contributed by atoms with Gasteiger partial charge in [-0.25, -0.2) is 0 Å². The second kappa shape index (κ2) is 5.46. The molecule has 0 aliphatic carbocycles. The minimum absolute atomic E-state index is 0.224. The lowest BCUT2D eigenvalue weighted by Crippen LogP contribution is -1.99. The van der Waals surface area contributed by atoms with Crippen LogP contribution in [-0.4, -0.2) is 16.7 Å². The van der Waals surface area contributed by atoms with Crippen LogP contribution in [0.25, 0.3) is 11.4 Å². The van der Waals surface area contributed by atoms with Crippen molar-refractivity contribution >= 4 is 0 Å². The number of nitrogens with zero attached hydrogens (tertiary/aromatic N) is 2. The van der Waals surface area contributed by atoms with E-state index in [2.05, 4.69) is 16.7 Å². The minimum Gasteiger partial charge on any atom is -0.489 e. The van der Waals surface area contributed by atoms with Crippen LogP contribution in [0.3, 0.4) is 0 Å². The van der Waals surface area contributed by atoms with Gasteiger partial charge in [0.2, 0.25) is 11.7 Å². The molecule has 1 aromatic heterocycles. The SMILES string of the molecule is C=C(C)COc1ccccc1-c1noc(CN)n1. The number of nitrogens with two attached hydrogens (primary N) is 1.